The van der Waals surface area contributed by atoms with Gasteiger partial charge in [0.05, 0.1) is 12.6 Å². The number of hydrogen-bond acceptors (Lipinski definition) is 8. The fourth-order valence-electron chi connectivity index (χ4n) is 3.33. The summed E-state index contributed by atoms with van der Waals surface area (Å²) in [5.74, 6) is 0.412. The van der Waals surface area contributed by atoms with E-state index < -0.39 is 12.3 Å². The molecule has 0 unspecified atom stereocenters. The molecule has 5 heterocycles. The van der Waals surface area contributed by atoms with Crippen molar-refractivity contribution in [2.45, 2.75) is 19.9 Å². The van der Waals surface area contributed by atoms with Crippen LogP contribution >= 0.6 is 0 Å². The highest BCUT2D eigenvalue weighted by atomic mass is 19.3. The van der Waals surface area contributed by atoms with Gasteiger partial charge in [-0.3, -0.25) is 0 Å². The average Bonchev–Trinajstić information content (AvgIpc) is 3.45. The Bertz CT molecular complexity index is 1370. The summed E-state index contributed by atoms with van der Waals surface area (Å²) in [7, 11) is 1.54. The van der Waals surface area contributed by atoms with E-state index in [2.05, 4.69) is 30.2 Å². The molecule has 0 atom stereocenters. The zero-order valence-corrected chi connectivity index (χ0v) is 15.8. The zero-order chi connectivity index (χ0) is 20.8. The van der Waals surface area contributed by atoms with E-state index in [-0.39, 0.29) is 12.4 Å². The molecule has 0 fully saturated rings. The molecule has 10 nitrogen and oxygen atoms in total. The SMILES string of the molecule is COc1ncnn2ccc(-c3cnc4nc(C)n(Cc5nnc(C(F)F)o5)c4c3)c12. The Morgan fingerprint density at radius 1 is 1.23 bits per heavy atom. The first kappa shape index (κ1) is 18.1. The quantitative estimate of drug-likeness (QED) is 0.434. The van der Waals surface area contributed by atoms with Gasteiger partial charge in [0, 0.05) is 23.5 Å². The van der Waals surface area contributed by atoms with Crippen LogP contribution in [0.2, 0.25) is 0 Å². The Morgan fingerprint density at radius 3 is 2.87 bits per heavy atom. The molecule has 5 aromatic rings. The molecule has 0 aromatic carbocycles. The van der Waals surface area contributed by atoms with Crippen LogP contribution in [0.15, 0.2) is 35.3 Å². The Morgan fingerprint density at radius 2 is 2.10 bits per heavy atom. The van der Waals surface area contributed by atoms with Crippen molar-refractivity contribution in [1.29, 1.82) is 0 Å². The smallest absolute Gasteiger partial charge is 0.314 e. The first-order valence-corrected chi connectivity index (χ1v) is 8.85. The minimum atomic E-state index is -2.82. The Labute approximate surface area is 167 Å². The summed E-state index contributed by atoms with van der Waals surface area (Å²) in [4.78, 5) is 13.0. The Balaban J connectivity index is 1.62. The Hall–Kier alpha value is -3.96. The third kappa shape index (κ3) is 2.84. The number of rotatable bonds is 5. The van der Waals surface area contributed by atoms with Crippen LogP contribution in [-0.4, -0.2) is 46.4 Å². The first-order valence-electron chi connectivity index (χ1n) is 8.85. The molecular formula is C18H14F2N8O2. The maximum absolute atomic E-state index is 12.7. The molecule has 0 radical (unpaired) electrons. The number of aryl methyl sites for hydroxylation is 1. The lowest BCUT2D eigenvalue weighted by molar-refractivity contribution is 0.113. The minimum absolute atomic E-state index is 0.0579. The summed E-state index contributed by atoms with van der Waals surface area (Å²) in [6, 6.07) is 3.78. The van der Waals surface area contributed by atoms with Crippen molar-refractivity contribution in [2.75, 3.05) is 7.11 Å². The van der Waals surface area contributed by atoms with Gasteiger partial charge in [0.15, 0.2) is 5.65 Å². The predicted octanol–water partition coefficient (Wildman–Crippen LogP) is 2.83. The van der Waals surface area contributed by atoms with Crippen LogP contribution in [0.4, 0.5) is 8.78 Å². The number of nitrogens with zero attached hydrogens (tertiary/aromatic N) is 8. The molecule has 0 aliphatic heterocycles. The second kappa shape index (κ2) is 6.83. The number of fused-ring (bicyclic) bond motifs is 2. The highest BCUT2D eigenvalue weighted by Crippen LogP contribution is 2.31. The highest BCUT2D eigenvalue weighted by Gasteiger charge is 2.19. The fraction of sp³-hybridized carbons (Fsp3) is 0.222. The van der Waals surface area contributed by atoms with E-state index in [9.17, 15) is 8.78 Å². The average molecular weight is 412 g/mol. The molecule has 0 aliphatic carbocycles. The largest absolute Gasteiger partial charge is 0.479 e. The van der Waals surface area contributed by atoms with Gasteiger partial charge >= 0.3 is 6.43 Å². The minimum Gasteiger partial charge on any atom is -0.479 e. The van der Waals surface area contributed by atoms with Gasteiger partial charge in [-0.05, 0) is 19.1 Å². The van der Waals surface area contributed by atoms with Crippen LogP contribution in [0, 0.1) is 6.92 Å². The van der Waals surface area contributed by atoms with Crippen LogP contribution in [0.25, 0.3) is 27.8 Å². The number of hydrogen-bond donors (Lipinski definition) is 0. The lowest BCUT2D eigenvalue weighted by atomic mass is 10.1. The summed E-state index contributed by atoms with van der Waals surface area (Å²) in [6.45, 7) is 1.88. The molecule has 0 bridgehead atoms. The normalized spacial score (nSPS) is 11.8. The van der Waals surface area contributed by atoms with Crippen molar-refractivity contribution in [3.8, 4) is 17.0 Å². The summed E-state index contributed by atoms with van der Waals surface area (Å²) >= 11 is 0. The molecule has 5 aromatic heterocycles. The van der Waals surface area contributed by atoms with E-state index >= 15 is 0 Å². The summed E-state index contributed by atoms with van der Waals surface area (Å²) < 4.78 is 39.3. The summed E-state index contributed by atoms with van der Waals surface area (Å²) in [5.41, 5.74) is 3.51. The molecule has 0 amide bonds. The van der Waals surface area contributed by atoms with Gasteiger partial charge in [-0.15, -0.1) is 10.2 Å². The molecule has 0 N–H and O–H groups in total. The molecule has 0 spiro atoms. The van der Waals surface area contributed by atoms with Gasteiger partial charge in [-0.25, -0.2) is 14.5 Å². The first-order chi connectivity index (χ1) is 14.5. The van der Waals surface area contributed by atoms with Crippen molar-refractivity contribution in [2.24, 2.45) is 0 Å². The van der Waals surface area contributed by atoms with Gasteiger partial charge in [0.25, 0.3) is 5.89 Å². The molecule has 5 rings (SSSR count). The van der Waals surface area contributed by atoms with Crippen LogP contribution < -0.4 is 4.74 Å². The van der Waals surface area contributed by atoms with Gasteiger partial charge in [-0.1, -0.05) is 0 Å². The molecular weight excluding hydrogens is 398 g/mol. The fourth-order valence-corrected chi connectivity index (χ4v) is 3.33. The van der Waals surface area contributed by atoms with Crippen LogP contribution in [0.3, 0.4) is 0 Å². The van der Waals surface area contributed by atoms with Crippen molar-refractivity contribution in [3.05, 3.63) is 48.5 Å². The van der Waals surface area contributed by atoms with Gasteiger partial charge in [0.2, 0.25) is 11.8 Å². The zero-order valence-electron chi connectivity index (χ0n) is 15.8. The monoisotopic (exact) mass is 412 g/mol. The molecule has 30 heavy (non-hydrogen) atoms. The van der Waals surface area contributed by atoms with Crippen LogP contribution in [-0.2, 0) is 6.54 Å². The van der Waals surface area contributed by atoms with Crippen LogP contribution in [0.5, 0.6) is 5.88 Å². The van der Waals surface area contributed by atoms with Crippen molar-refractivity contribution in [1.82, 2.24) is 39.3 Å². The maximum atomic E-state index is 12.7. The van der Waals surface area contributed by atoms with Crippen molar-refractivity contribution in [3.63, 3.8) is 0 Å². The number of halogens is 2. The number of pyridine rings is 1. The second-order valence-electron chi connectivity index (χ2n) is 6.44. The molecule has 0 saturated carbocycles. The van der Waals surface area contributed by atoms with Crippen molar-refractivity contribution < 1.29 is 17.9 Å². The maximum Gasteiger partial charge on any atom is 0.314 e. The number of aromatic nitrogens is 8. The standard InChI is InChI=1S/C18H14F2N8O2/c1-9-24-16-12(27(9)7-13-25-26-18(30-13)15(19)20)5-10(6-21-16)11-3-4-28-14(11)17(29-2)22-8-23-28/h3-6,8,15H,7H2,1-2H3. The number of alkyl halides is 2. The Kier molecular flexibility index (Phi) is 4.12. The predicted molar refractivity (Wildman–Crippen MR) is 99.2 cm³/mol. The van der Waals surface area contributed by atoms with Crippen molar-refractivity contribution >= 4 is 16.7 Å². The number of ether oxygens (including phenoxy) is 1. The summed E-state index contributed by atoms with van der Waals surface area (Å²) in [6.07, 6.45) is 2.09. The van der Waals surface area contributed by atoms with Gasteiger partial charge in [-0.2, -0.15) is 18.9 Å². The van der Waals surface area contributed by atoms with E-state index in [1.54, 1.807) is 28.4 Å². The van der Waals surface area contributed by atoms with E-state index in [4.69, 9.17) is 9.15 Å². The summed E-state index contributed by atoms with van der Waals surface area (Å²) in [5, 5.41) is 11.3. The van der Waals surface area contributed by atoms with Gasteiger partial charge in [0.1, 0.15) is 24.2 Å². The number of methoxy groups -OCH3 is 1. The van der Waals surface area contributed by atoms with Crippen LogP contribution in [0.1, 0.15) is 24.0 Å². The van der Waals surface area contributed by atoms with E-state index in [1.807, 2.05) is 12.1 Å². The van der Waals surface area contributed by atoms with Gasteiger partial charge < -0.3 is 13.7 Å². The lowest BCUT2D eigenvalue weighted by Gasteiger charge is -2.06. The topological polar surface area (TPSA) is 109 Å². The lowest BCUT2D eigenvalue weighted by Crippen LogP contribution is -2.02. The molecule has 12 heteroatoms. The third-order valence-electron chi connectivity index (χ3n) is 4.68. The van der Waals surface area contributed by atoms with E-state index in [0.717, 1.165) is 11.1 Å². The number of imidazole rings is 1. The molecule has 152 valence electrons. The molecule has 0 aliphatic rings. The molecule has 0 saturated heterocycles. The second-order valence-corrected chi connectivity index (χ2v) is 6.44. The van der Waals surface area contributed by atoms with E-state index in [1.165, 1.54) is 13.4 Å². The van der Waals surface area contributed by atoms with E-state index in [0.29, 0.717) is 28.4 Å². The third-order valence-corrected chi connectivity index (χ3v) is 4.68. The highest BCUT2D eigenvalue weighted by molar-refractivity contribution is 5.87.